The lowest BCUT2D eigenvalue weighted by atomic mass is 9.98. The number of nitrogens with one attached hydrogen (secondary N) is 1. The molecule has 98 valence electrons. The molecule has 1 rings (SSSR count). The van der Waals surface area contributed by atoms with Gasteiger partial charge in [-0.3, -0.25) is 4.90 Å². The van der Waals surface area contributed by atoms with E-state index in [1.807, 2.05) is 6.92 Å². The minimum atomic E-state index is -0.219. The number of hydrogen-bond donors (Lipinski definition) is 2. The molecule has 1 saturated heterocycles. The van der Waals surface area contributed by atoms with Crippen molar-refractivity contribution in [3.05, 3.63) is 0 Å². The van der Waals surface area contributed by atoms with Crippen LogP contribution in [0.15, 0.2) is 0 Å². The van der Waals surface area contributed by atoms with Gasteiger partial charge in [0.1, 0.15) is 0 Å². The Hall–Kier alpha value is 0.170. The van der Waals surface area contributed by atoms with Crippen molar-refractivity contribution in [3.63, 3.8) is 0 Å². The molecule has 2 unspecified atom stereocenters. The van der Waals surface area contributed by atoms with Gasteiger partial charge in [-0.15, -0.1) is 12.4 Å². The molecule has 16 heavy (non-hydrogen) atoms. The van der Waals surface area contributed by atoms with E-state index < -0.39 is 0 Å². The van der Waals surface area contributed by atoms with Crippen molar-refractivity contribution in [3.8, 4) is 0 Å². The normalized spacial score (nSPS) is 23.2. The van der Waals surface area contributed by atoms with Crippen LogP contribution in [0.25, 0.3) is 0 Å². The molecular weight excluding hydrogens is 224 g/mol. The van der Waals surface area contributed by atoms with E-state index in [0.29, 0.717) is 6.04 Å². The van der Waals surface area contributed by atoms with Gasteiger partial charge in [0.25, 0.3) is 0 Å². The number of halogens is 1. The summed E-state index contributed by atoms with van der Waals surface area (Å²) in [6.07, 6.45) is 2.41. The van der Waals surface area contributed by atoms with Gasteiger partial charge in [-0.2, -0.15) is 0 Å². The second kappa shape index (κ2) is 8.29. The minimum absolute atomic E-state index is 0. The molecule has 1 aliphatic heterocycles. The summed E-state index contributed by atoms with van der Waals surface area (Å²) in [6.45, 7) is 10.5. The van der Waals surface area contributed by atoms with Crippen molar-refractivity contribution in [2.24, 2.45) is 5.92 Å². The molecule has 0 amide bonds. The summed E-state index contributed by atoms with van der Waals surface area (Å²) in [5.74, 6) is 0.764. The molecule has 0 aliphatic carbocycles. The summed E-state index contributed by atoms with van der Waals surface area (Å²) in [5, 5.41) is 12.9. The van der Waals surface area contributed by atoms with E-state index in [-0.39, 0.29) is 18.5 Å². The first-order chi connectivity index (χ1) is 7.09. The Labute approximate surface area is 106 Å². The fourth-order valence-corrected chi connectivity index (χ4v) is 2.25. The van der Waals surface area contributed by atoms with E-state index in [9.17, 15) is 5.11 Å². The first kappa shape index (κ1) is 16.2. The lowest BCUT2D eigenvalue weighted by molar-refractivity contribution is 0.0909. The fourth-order valence-electron chi connectivity index (χ4n) is 2.25. The van der Waals surface area contributed by atoms with E-state index in [1.165, 1.54) is 19.4 Å². The Balaban J connectivity index is 0.00000225. The first-order valence-corrected chi connectivity index (χ1v) is 6.22. The Morgan fingerprint density at radius 3 is 2.50 bits per heavy atom. The van der Waals surface area contributed by atoms with Gasteiger partial charge in [0.2, 0.25) is 0 Å². The summed E-state index contributed by atoms with van der Waals surface area (Å²) in [6, 6.07) is 0.529. The molecule has 0 bridgehead atoms. The molecule has 0 aromatic heterocycles. The van der Waals surface area contributed by atoms with Crippen LogP contribution >= 0.6 is 12.4 Å². The van der Waals surface area contributed by atoms with Crippen LogP contribution in [0, 0.1) is 5.92 Å². The van der Waals surface area contributed by atoms with Crippen LogP contribution in [0.1, 0.15) is 33.6 Å². The van der Waals surface area contributed by atoms with Crippen LogP contribution in [0.5, 0.6) is 0 Å². The van der Waals surface area contributed by atoms with Gasteiger partial charge in [0, 0.05) is 19.1 Å². The average Bonchev–Trinajstić information content (AvgIpc) is 2.17. The van der Waals surface area contributed by atoms with Crippen LogP contribution < -0.4 is 5.32 Å². The Morgan fingerprint density at radius 2 is 2.06 bits per heavy atom. The van der Waals surface area contributed by atoms with Gasteiger partial charge >= 0.3 is 0 Å². The van der Waals surface area contributed by atoms with E-state index in [2.05, 4.69) is 24.1 Å². The van der Waals surface area contributed by atoms with Gasteiger partial charge in [0.15, 0.2) is 0 Å². The lowest BCUT2D eigenvalue weighted by Gasteiger charge is -2.33. The monoisotopic (exact) mass is 250 g/mol. The van der Waals surface area contributed by atoms with Gasteiger partial charge in [-0.25, -0.2) is 0 Å². The number of aliphatic hydroxyl groups excluding tert-OH is 1. The van der Waals surface area contributed by atoms with E-state index in [4.69, 9.17) is 0 Å². The maximum Gasteiger partial charge on any atom is 0.0639 e. The maximum atomic E-state index is 9.44. The van der Waals surface area contributed by atoms with Crippen molar-refractivity contribution >= 4 is 12.4 Å². The van der Waals surface area contributed by atoms with Gasteiger partial charge in [-0.05, 0) is 52.6 Å². The number of hydrogen-bond acceptors (Lipinski definition) is 3. The molecule has 1 heterocycles. The predicted molar refractivity (Wildman–Crippen MR) is 71.2 cm³/mol. The number of aliphatic hydroxyl groups is 1. The van der Waals surface area contributed by atoms with Crippen molar-refractivity contribution in [1.29, 1.82) is 0 Å². The standard InChI is InChI=1S/C12H26N2O.ClH/c1-10(2)14(8-11(3)15)9-12-5-4-6-13-7-12;/h10-13,15H,4-9H2,1-3H3;1H. The predicted octanol–water partition coefficient (Wildman–Crippen LogP) is 1.50. The van der Waals surface area contributed by atoms with Crippen molar-refractivity contribution in [2.45, 2.75) is 45.8 Å². The highest BCUT2D eigenvalue weighted by Crippen LogP contribution is 2.13. The van der Waals surface area contributed by atoms with Crippen molar-refractivity contribution in [1.82, 2.24) is 10.2 Å². The minimum Gasteiger partial charge on any atom is -0.392 e. The Bertz CT molecular complexity index is 170. The quantitative estimate of drug-likeness (QED) is 0.776. The fraction of sp³-hybridized carbons (Fsp3) is 1.00. The average molecular weight is 251 g/mol. The zero-order chi connectivity index (χ0) is 11.3. The Kier molecular flexibility index (Phi) is 8.38. The smallest absolute Gasteiger partial charge is 0.0639 e. The molecule has 2 N–H and O–H groups in total. The first-order valence-electron chi connectivity index (χ1n) is 6.22. The van der Waals surface area contributed by atoms with Gasteiger partial charge in [-0.1, -0.05) is 0 Å². The summed E-state index contributed by atoms with van der Waals surface area (Å²) in [7, 11) is 0. The highest BCUT2D eigenvalue weighted by Gasteiger charge is 2.19. The van der Waals surface area contributed by atoms with Crippen LogP contribution in [-0.2, 0) is 0 Å². The molecular formula is C12H27ClN2O. The zero-order valence-corrected chi connectivity index (χ0v) is 11.6. The molecule has 0 aromatic rings. The van der Waals surface area contributed by atoms with Gasteiger partial charge in [0.05, 0.1) is 6.10 Å². The summed E-state index contributed by atoms with van der Waals surface area (Å²) >= 11 is 0. The molecule has 1 aliphatic rings. The second-order valence-electron chi connectivity index (χ2n) is 5.11. The largest absolute Gasteiger partial charge is 0.392 e. The topological polar surface area (TPSA) is 35.5 Å². The summed E-state index contributed by atoms with van der Waals surface area (Å²) < 4.78 is 0. The molecule has 4 heteroatoms. The molecule has 0 spiro atoms. The molecule has 1 fully saturated rings. The second-order valence-corrected chi connectivity index (χ2v) is 5.11. The Morgan fingerprint density at radius 1 is 1.38 bits per heavy atom. The highest BCUT2D eigenvalue weighted by atomic mass is 35.5. The van der Waals surface area contributed by atoms with Crippen LogP contribution in [0.2, 0.25) is 0 Å². The number of nitrogens with zero attached hydrogens (tertiary/aromatic N) is 1. The third-order valence-electron chi connectivity index (χ3n) is 3.12. The molecule has 2 atom stereocenters. The summed E-state index contributed by atoms with van der Waals surface area (Å²) in [4.78, 5) is 2.39. The van der Waals surface area contributed by atoms with E-state index in [1.54, 1.807) is 0 Å². The van der Waals surface area contributed by atoms with Crippen molar-refractivity contribution in [2.75, 3.05) is 26.2 Å². The van der Waals surface area contributed by atoms with E-state index >= 15 is 0 Å². The molecule has 0 saturated carbocycles. The van der Waals surface area contributed by atoms with Crippen LogP contribution in [0.4, 0.5) is 0 Å². The van der Waals surface area contributed by atoms with E-state index in [0.717, 1.165) is 25.6 Å². The number of piperidine rings is 1. The molecule has 0 radical (unpaired) electrons. The van der Waals surface area contributed by atoms with Gasteiger partial charge < -0.3 is 10.4 Å². The maximum absolute atomic E-state index is 9.44. The third kappa shape index (κ3) is 6.04. The van der Waals surface area contributed by atoms with Crippen molar-refractivity contribution < 1.29 is 5.11 Å². The SMILES string of the molecule is CC(O)CN(CC1CCCNC1)C(C)C.Cl. The lowest BCUT2D eigenvalue weighted by Crippen LogP contribution is -2.43. The third-order valence-corrected chi connectivity index (χ3v) is 3.12. The zero-order valence-electron chi connectivity index (χ0n) is 10.8. The summed E-state index contributed by atoms with van der Waals surface area (Å²) in [5.41, 5.74) is 0. The van der Waals surface area contributed by atoms with Crippen LogP contribution in [-0.4, -0.2) is 48.3 Å². The molecule has 0 aromatic carbocycles. The number of rotatable bonds is 5. The van der Waals surface area contributed by atoms with Crippen LogP contribution in [0.3, 0.4) is 0 Å². The highest BCUT2D eigenvalue weighted by molar-refractivity contribution is 5.85. The molecule has 3 nitrogen and oxygen atoms in total.